The summed E-state index contributed by atoms with van der Waals surface area (Å²) in [6, 6.07) is 1.59. The van der Waals surface area contributed by atoms with Gasteiger partial charge in [-0.05, 0) is 0 Å². The molecule has 4 atom stereocenters. The number of phosphoric acid groups is 3. The minimum Gasteiger partial charge on any atom is -0.394 e. The summed E-state index contributed by atoms with van der Waals surface area (Å²) >= 11 is 0. The molecule has 34 heavy (non-hydrogen) atoms. The van der Waals surface area contributed by atoms with Gasteiger partial charge in [0, 0.05) is 6.20 Å². The predicted octanol–water partition coefficient (Wildman–Crippen LogP) is -5.77. The van der Waals surface area contributed by atoms with Crippen LogP contribution in [-0.2, 0) is 18.4 Å². The van der Waals surface area contributed by atoms with E-state index in [0.717, 1.165) is 10.8 Å². The molecule has 24 heteroatoms. The zero-order valence-electron chi connectivity index (χ0n) is 16.1. The van der Waals surface area contributed by atoms with Gasteiger partial charge in [-0.1, -0.05) is 0 Å². The Morgan fingerprint density at radius 2 is 1.29 bits per heavy atom. The molecule has 0 bridgehead atoms. The molecule has 0 unspecified atom stereocenters. The van der Waals surface area contributed by atoms with Gasteiger partial charge in [0.2, 0.25) is 0 Å². The maximum Gasteiger partial charge on any atom is 0.466 e. The summed E-state index contributed by atoms with van der Waals surface area (Å²) in [4.78, 5) is 89.4. The van der Waals surface area contributed by atoms with Crippen LogP contribution in [0.15, 0.2) is 15.8 Å². The van der Waals surface area contributed by atoms with E-state index in [0.29, 0.717) is 0 Å². The van der Waals surface area contributed by atoms with Crippen molar-refractivity contribution in [3.05, 3.63) is 32.6 Å². The Kier molecular flexibility index (Phi) is 14.2. The highest BCUT2D eigenvalue weighted by Gasteiger charge is 2.43. The first-order valence-corrected chi connectivity index (χ1v) is 12.4. The Morgan fingerprint density at radius 1 is 0.912 bits per heavy atom. The quantitative estimate of drug-likeness (QED) is 0.149. The van der Waals surface area contributed by atoms with E-state index in [1.165, 1.54) is 0 Å². The second-order valence-corrected chi connectivity index (χ2v) is 8.67. The number of nitrogens with one attached hydrogen (secondary N) is 1. The van der Waals surface area contributed by atoms with Gasteiger partial charge < -0.3 is 64.1 Å². The minimum atomic E-state index is -4.64. The zero-order valence-corrected chi connectivity index (χ0v) is 18.8. The van der Waals surface area contributed by atoms with Crippen LogP contribution in [0.2, 0.25) is 0 Å². The van der Waals surface area contributed by atoms with Crippen molar-refractivity contribution in [2.24, 2.45) is 0 Å². The number of aromatic nitrogens is 2. The Morgan fingerprint density at radius 3 is 1.59 bits per heavy atom. The molecule has 21 nitrogen and oxygen atoms in total. The van der Waals surface area contributed by atoms with Crippen LogP contribution in [0.3, 0.4) is 0 Å². The Balaban J connectivity index is 0. The molecule has 198 valence electrons. The summed E-state index contributed by atoms with van der Waals surface area (Å²) in [5, 5.41) is 37.0. The number of hydrogen-bond acceptors (Lipinski definition) is 10. The van der Waals surface area contributed by atoms with Crippen LogP contribution in [0.4, 0.5) is 0 Å². The zero-order chi connectivity index (χ0) is 27.7. The number of aromatic amines is 1. The summed E-state index contributed by atoms with van der Waals surface area (Å²) in [7, 11) is -13.9. The third-order valence-corrected chi connectivity index (χ3v) is 2.88. The highest BCUT2D eigenvalue weighted by molar-refractivity contribution is 7.45. The maximum atomic E-state index is 11.6. The molecule has 0 aliphatic carbocycles. The van der Waals surface area contributed by atoms with Crippen molar-refractivity contribution < 1.29 is 77.8 Å². The minimum absolute atomic E-state index is 0.336. The van der Waals surface area contributed by atoms with Crippen LogP contribution in [-0.4, -0.2) is 93.8 Å². The molecule has 2 rings (SSSR count). The van der Waals surface area contributed by atoms with Crippen molar-refractivity contribution in [1.82, 2.24) is 9.55 Å². The monoisotopic (exact) mass is 563 g/mol. The van der Waals surface area contributed by atoms with E-state index >= 15 is 0 Å². The largest absolute Gasteiger partial charge is 0.466 e. The van der Waals surface area contributed by atoms with Gasteiger partial charge in [0.25, 0.3) is 5.56 Å². The van der Waals surface area contributed by atoms with Crippen molar-refractivity contribution in [3.8, 4) is 6.07 Å². The van der Waals surface area contributed by atoms with Gasteiger partial charge in [-0.15, -0.1) is 0 Å². The van der Waals surface area contributed by atoms with Crippen LogP contribution in [0.1, 0.15) is 11.8 Å². The third kappa shape index (κ3) is 17.8. The third-order valence-electron chi connectivity index (χ3n) is 2.88. The van der Waals surface area contributed by atoms with E-state index in [-0.39, 0.29) is 5.56 Å². The highest BCUT2D eigenvalue weighted by Crippen LogP contribution is 2.28. The molecule has 0 spiro atoms. The second-order valence-electron chi connectivity index (χ2n) is 5.59. The summed E-state index contributed by atoms with van der Waals surface area (Å²) in [5.41, 5.74) is -2.08. The van der Waals surface area contributed by atoms with Crippen molar-refractivity contribution in [3.63, 3.8) is 0 Å². The molecule has 1 aromatic heterocycles. The molecule has 0 aromatic carbocycles. The number of aliphatic hydroxyl groups is 3. The van der Waals surface area contributed by atoms with E-state index in [1.54, 1.807) is 6.07 Å². The Bertz CT molecular complexity index is 1000. The van der Waals surface area contributed by atoms with E-state index in [2.05, 4.69) is 0 Å². The molecule has 1 saturated heterocycles. The highest BCUT2D eigenvalue weighted by atomic mass is 31.2. The van der Waals surface area contributed by atoms with Gasteiger partial charge in [-0.2, -0.15) is 5.26 Å². The molecule has 1 aliphatic rings. The van der Waals surface area contributed by atoms with Crippen LogP contribution < -0.4 is 11.2 Å². The lowest BCUT2D eigenvalue weighted by Crippen LogP contribution is -2.38. The Labute approximate surface area is 186 Å². The lowest BCUT2D eigenvalue weighted by molar-refractivity contribution is -0.0550. The second kappa shape index (κ2) is 14.0. The number of aliphatic hydroxyl groups excluding tert-OH is 3. The predicted molar refractivity (Wildman–Crippen MR) is 102 cm³/mol. The number of nitriles is 1. The van der Waals surface area contributed by atoms with E-state index < -0.39 is 65.9 Å². The Hall–Kier alpha value is -1.66. The fourth-order valence-corrected chi connectivity index (χ4v) is 1.86. The van der Waals surface area contributed by atoms with E-state index in [9.17, 15) is 19.8 Å². The van der Waals surface area contributed by atoms with Crippen molar-refractivity contribution in [2.45, 2.75) is 24.5 Å². The average molecular weight is 563 g/mol. The molecule has 0 saturated carbocycles. The molecular formula is C10H20N3O18P3. The molecule has 0 radical (unpaired) electrons. The first-order valence-electron chi connectivity index (χ1n) is 7.72. The van der Waals surface area contributed by atoms with Gasteiger partial charge in [0.05, 0.1) is 6.61 Å². The fraction of sp³-hybridized carbons (Fsp3) is 0.500. The normalized spacial score (nSPS) is 22.1. The average Bonchev–Trinajstić information content (AvgIpc) is 2.86. The molecular weight excluding hydrogens is 543 g/mol. The first kappa shape index (κ1) is 34.5. The number of nitrogens with zero attached hydrogens (tertiary/aromatic N) is 2. The van der Waals surface area contributed by atoms with Gasteiger partial charge >= 0.3 is 29.2 Å². The lowest BCUT2D eigenvalue weighted by Gasteiger charge is -2.16. The van der Waals surface area contributed by atoms with Gasteiger partial charge in [0.1, 0.15) is 29.9 Å². The topological polar surface area (TPSA) is 382 Å². The van der Waals surface area contributed by atoms with Crippen molar-refractivity contribution in [1.29, 1.82) is 5.26 Å². The van der Waals surface area contributed by atoms with Gasteiger partial charge in [-0.25, -0.2) is 18.5 Å². The lowest BCUT2D eigenvalue weighted by atomic mass is 10.1. The summed E-state index contributed by atoms with van der Waals surface area (Å²) < 4.78 is 32.6. The molecule has 2 heterocycles. The smallest absolute Gasteiger partial charge is 0.394 e. The van der Waals surface area contributed by atoms with Gasteiger partial charge in [0.15, 0.2) is 6.23 Å². The van der Waals surface area contributed by atoms with Crippen LogP contribution in [0, 0.1) is 11.3 Å². The number of H-pyrrole nitrogens is 1. The number of rotatable bonds is 2. The number of hydrogen-bond donors (Lipinski definition) is 13. The molecule has 1 fully saturated rings. The molecule has 1 aromatic rings. The molecule has 0 amide bonds. The summed E-state index contributed by atoms with van der Waals surface area (Å²) in [5.74, 6) is 0. The first-order chi connectivity index (χ1) is 15.0. The van der Waals surface area contributed by atoms with Crippen LogP contribution in [0.25, 0.3) is 0 Å². The standard InChI is InChI=1S/C10H11N3O6.3H3O4P/c11-1-4-2-13(10(18)12-8(4)17)9-7(16)6(15)5(3-14)19-9;3*1-5(2,3)4/h2,5-7,9,14-16H,3H2,(H,12,17,18);3*(H3,1,2,3,4)/t5-,6-,7-,9-;;;/m1.../s1. The summed E-state index contributed by atoms with van der Waals surface area (Å²) in [6.45, 7) is -0.544. The van der Waals surface area contributed by atoms with Gasteiger partial charge in [-0.3, -0.25) is 14.3 Å². The van der Waals surface area contributed by atoms with Crippen molar-refractivity contribution in [2.75, 3.05) is 6.61 Å². The molecule has 1 aliphatic heterocycles. The summed E-state index contributed by atoms with van der Waals surface area (Å²) in [6.07, 6.45) is -4.25. The van der Waals surface area contributed by atoms with E-state index in [4.69, 9.17) is 72.8 Å². The van der Waals surface area contributed by atoms with Crippen LogP contribution >= 0.6 is 23.5 Å². The van der Waals surface area contributed by atoms with E-state index in [1.807, 2.05) is 4.98 Å². The molecule has 13 N–H and O–H groups in total. The van der Waals surface area contributed by atoms with Crippen LogP contribution in [0.5, 0.6) is 0 Å². The number of ether oxygens (including phenoxy) is 1. The maximum absolute atomic E-state index is 11.6. The fourth-order valence-electron chi connectivity index (χ4n) is 1.86. The van der Waals surface area contributed by atoms with Crippen molar-refractivity contribution >= 4 is 23.5 Å². The SMILES string of the molecule is N#Cc1cn([C@@H]2O[C@H](CO)[C@@H](O)[C@H]2O)c(=O)[nH]c1=O.O=P(O)(O)O.O=P(O)(O)O.O=P(O)(O)O.